The molecule has 0 aliphatic rings. The third-order valence-corrected chi connectivity index (χ3v) is 4.42. The fourth-order valence-corrected chi connectivity index (χ4v) is 3.04. The summed E-state index contributed by atoms with van der Waals surface area (Å²) in [5.74, 6) is 0.143. The van der Waals surface area contributed by atoms with Crippen LogP contribution < -0.4 is 10.1 Å². The zero-order chi connectivity index (χ0) is 20.5. The van der Waals surface area contributed by atoms with Gasteiger partial charge in [0.2, 0.25) is 0 Å². The molecule has 28 heavy (non-hydrogen) atoms. The number of aromatic nitrogens is 3. The summed E-state index contributed by atoms with van der Waals surface area (Å²) in [6.07, 6.45) is 3.50. The number of anilines is 2. The molecule has 1 aromatic carbocycles. The van der Waals surface area contributed by atoms with Crippen LogP contribution in [0.3, 0.4) is 0 Å². The lowest BCUT2D eigenvalue weighted by Gasteiger charge is -2.18. The average Bonchev–Trinajstić information content (AvgIpc) is 2.99. The summed E-state index contributed by atoms with van der Waals surface area (Å²) in [5.41, 5.74) is 3.08. The van der Waals surface area contributed by atoms with Gasteiger partial charge in [-0.2, -0.15) is 5.10 Å². The van der Waals surface area contributed by atoms with Gasteiger partial charge in [-0.1, -0.05) is 26.8 Å². The molecule has 0 bridgehead atoms. The van der Waals surface area contributed by atoms with E-state index in [1.165, 1.54) is 13.2 Å². The number of carboxylic acid groups (broad SMARTS) is 1. The minimum atomic E-state index is -1.04. The molecular formula is C21H24N4O3. The molecule has 0 saturated heterocycles. The number of aromatic carboxylic acids is 1. The summed E-state index contributed by atoms with van der Waals surface area (Å²) in [6, 6.07) is 8.75. The van der Waals surface area contributed by atoms with Crippen molar-refractivity contribution in [1.29, 1.82) is 0 Å². The second-order valence-corrected chi connectivity index (χ2v) is 7.53. The minimum Gasteiger partial charge on any atom is -0.497 e. The largest absolute Gasteiger partial charge is 0.497 e. The Hall–Kier alpha value is -3.35. The average molecular weight is 380 g/mol. The first-order valence-electron chi connectivity index (χ1n) is 8.88. The smallest absolute Gasteiger partial charge is 0.337 e. The normalized spacial score (nSPS) is 11.3. The van der Waals surface area contributed by atoms with Crippen LogP contribution in [0.1, 0.15) is 36.8 Å². The maximum atomic E-state index is 11.8. The Kier molecular flexibility index (Phi) is 5.09. The first-order valence-corrected chi connectivity index (χ1v) is 8.88. The van der Waals surface area contributed by atoms with E-state index in [1.807, 2.05) is 19.2 Å². The Morgan fingerprint density at radius 1 is 1.25 bits per heavy atom. The van der Waals surface area contributed by atoms with Gasteiger partial charge in [0, 0.05) is 36.0 Å². The molecule has 0 unspecified atom stereocenters. The van der Waals surface area contributed by atoms with Crippen molar-refractivity contribution in [3.63, 3.8) is 0 Å². The number of benzene rings is 1. The van der Waals surface area contributed by atoms with Crippen molar-refractivity contribution in [2.45, 2.75) is 26.2 Å². The van der Waals surface area contributed by atoms with Gasteiger partial charge in [0.25, 0.3) is 0 Å². The van der Waals surface area contributed by atoms with Crippen molar-refractivity contribution in [2.24, 2.45) is 7.05 Å². The van der Waals surface area contributed by atoms with Gasteiger partial charge in [0.1, 0.15) is 11.6 Å². The van der Waals surface area contributed by atoms with Crippen LogP contribution in [0.15, 0.2) is 42.7 Å². The Bertz CT molecular complexity index is 1000. The van der Waals surface area contributed by atoms with Gasteiger partial charge in [-0.15, -0.1) is 0 Å². The van der Waals surface area contributed by atoms with Gasteiger partial charge in [-0.25, -0.2) is 4.79 Å². The lowest BCUT2D eigenvalue weighted by Crippen LogP contribution is -2.13. The SMILES string of the molecule is COc1ccc(Nc2c(-c3cccnc3)c(C(C)(C)C)nn2C)c(C(=O)O)c1. The summed E-state index contributed by atoms with van der Waals surface area (Å²) in [6.45, 7) is 6.28. The molecule has 146 valence electrons. The van der Waals surface area contributed by atoms with E-state index in [0.29, 0.717) is 17.3 Å². The third kappa shape index (κ3) is 3.69. The van der Waals surface area contributed by atoms with Gasteiger partial charge in [-0.3, -0.25) is 9.67 Å². The lowest BCUT2D eigenvalue weighted by molar-refractivity contribution is 0.0697. The van der Waals surface area contributed by atoms with E-state index < -0.39 is 5.97 Å². The standard InChI is InChI=1S/C21H24N4O3/c1-21(2,3)18-17(13-7-6-10-22-12-13)19(25(4)24-18)23-16-9-8-14(28-5)11-15(16)20(26)27/h6-12,23H,1-5H3,(H,26,27). The molecule has 0 fully saturated rings. The third-order valence-electron chi connectivity index (χ3n) is 4.42. The highest BCUT2D eigenvalue weighted by atomic mass is 16.5. The molecule has 0 aliphatic heterocycles. The number of aryl methyl sites for hydroxylation is 1. The highest BCUT2D eigenvalue weighted by Crippen LogP contribution is 2.39. The molecule has 2 heterocycles. The number of nitrogens with zero attached hydrogens (tertiary/aromatic N) is 3. The molecule has 3 aromatic rings. The summed E-state index contributed by atoms with van der Waals surface area (Å²) in [7, 11) is 3.34. The van der Waals surface area contributed by atoms with Crippen LogP contribution >= 0.6 is 0 Å². The van der Waals surface area contributed by atoms with Crippen molar-refractivity contribution >= 4 is 17.5 Å². The number of nitrogens with one attached hydrogen (secondary N) is 1. The zero-order valence-corrected chi connectivity index (χ0v) is 16.6. The maximum Gasteiger partial charge on any atom is 0.337 e. The molecule has 0 radical (unpaired) electrons. The van der Waals surface area contributed by atoms with Crippen molar-refractivity contribution < 1.29 is 14.6 Å². The van der Waals surface area contributed by atoms with Crippen molar-refractivity contribution in [3.8, 4) is 16.9 Å². The minimum absolute atomic E-state index is 0.120. The number of ether oxygens (including phenoxy) is 1. The highest BCUT2D eigenvalue weighted by Gasteiger charge is 2.27. The molecule has 3 rings (SSSR count). The Morgan fingerprint density at radius 2 is 2.00 bits per heavy atom. The van der Waals surface area contributed by atoms with E-state index in [0.717, 1.165) is 16.8 Å². The van der Waals surface area contributed by atoms with E-state index in [2.05, 4.69) is 31.1 Å². The number of hydrogen-bond acceptors (Lipinski definition) is 5. The van der Waals surface area contributed by atoms with Gasteiger partial charge in [0.15, 0.2) is 0 Å². The van der Waals surface area contributed by atoms with Crippen LogP contribution in [0, 0.1) is 0 Å². The fourth-order valence-electron chi connectivity index (χ4n) is 3.04. The van der Waals surface area contributed by atoms with E-state index in [4.69, 9.17) is 9.84 Å². The Morgan fingerprint density at radius 3 is 2.57 bits per heavy atom. The number of pyridine rings is 1. The monoisotopic (exact) mass is 380 g/mol. The summed E-state index contributed by atoms with van der Waals surface area (Å²) >= 11 is 0. The van der Waals surface area contributed by atoms with Crippen LogP contribution in [-0.2, 0) is 12.5 Å². The molecule has 7 nitrogen and oxygen atoms in total. The Balaban J connectivity index is 2.19. The second-order valence-electron chi connectivity index (χ2n) is 7.53. The number of carboxylic acids is 1. The van der Waals surface area contributed by atoms with Crippen LogP contribution in [0.4, 0.5) is 11.5 Å². The van der Waals surface area contributed by atoms with E-state index in [1.54, 1.807) is 29.2 Å². The summed E-state index contributed by atoms with van der Waals surface area (Å²) < 4.78 is 6.89. The number of carbonyl (C=O) groups is 1. The van der Waals surface area contributed by atoms with E-state index in [9.17, 15) is 9.90 Å². The van der Waals surface area contributed by atoms with Crippen molar-refractivity contribution in [2.75, 3.05) is 12.4 Å². The van der Waals surface area contributed by atoms with Crippen molar-refractivity contribution in [1.82, 2.24) is 14.8 Å². The van der Waals surface area contributed by atoms with Gasteiger partial charge in [0.05, 0.1) is 24.1 Å². The fraction of sp³-hybridized carbons (Fsp3) is 0.286. The highest BCUT2D eigenvalue weighted by molar-refractivity contribution is 5.96. The molecule has 2 aromatic heterocycles. The molecule has 0 amide bonds. The first-order chi connectivity index (χ1) is 13.2. The second kappa shape index (κ2) is 7.34. The first kappa shape index (κ1) is 19.4. The van der Waals surface area contributed by atoms with Crippen LogP contribution in [0.25, 0.3) is 11.1 Å². The number of methoxy groups -OCH3 is 1. The van der Waals surface area contributed by atoms with E-state index in [-0.39, 0.29) is 11.0 Å². The van der Waals surface area contributed by atoms with Gasteiger partial charge in [-0.05, 0) is 24.3 Å². The number of hydrogen-bond donors (Lipinski definition) is 2. The molecular weight excluding hydrogens is 356 g/mol. The molecule has 2 N–H and O–H groups in total. The van der Waals surface area contributed by atoms with Gasteiger partial charge < -0.3 is 15.2 Å². The zero-order valence-electron chi connectivity index (χ0n) is 16.6. The molecule has 0 spiro atoms. The maximum absolute atomic E-state index is 11.8. The predicted molar refractivity (Wildman–Crippen MR) is 108 cm³/mol. The van der Waals surface area contributed by atoms with Crippen LogP contribution in [0.5, 0.6) is 5.75 Å². The van der Waals surface area contributed by atoms with Crippen molar-refractivity contribution in [3.05, 3.63) is 54.0 Å². The quantitative estimate of drug-likeness (QED) is 0.688. The van der Waals surface area contributed by atoms with Crippen LogP contribution in [0.2, 0.25) is 0 Å². The predicted octanol–water partition coefficient (Wildman–Crippen LogP) is 4.23. The van der Waals surface area contributed by atoms with E-state index >= 15 is 0 Å². The topological polar surface area (TPSA) is 89.3 Å². The Labute approximate surface area is 164 Å². The molecule has 0 saturated carbocycles. The molecule has 7 heteroatoms. The van der Waals surface area contributed by atoms with Gasteiger partial charge >= 0.3 is 5.97 Å². The molecule has 0 atom stereocenters. The summed E-state index contributed by atoms with van der Waals surface area (Å²) in [4.78, 5) is 16.0. The number of rotatable bonds is 5. The molecule has 0 aliphatic carbocycles. The van der Waals surface area contributed by atoms with Crippen LogP contribution in [-0.4, -0.2) is 33.0 Å². The summed E-state index contributed by atoms with van der Waals surface area (Å²) in [5, 5.41) is 17.6. The lowest BCUT2D eigenvalue weighted by atomic mass is 9.87.